The lowest BCUT2D eigenvalue weighted by molar-refractivity contribution is -0.141. The van der Waals surface area contributed by atoms with Crippen LogP contribution in [0.15, 0.2) is 52.8 Å². The van der Waals surface area contributed by atoms with Gasteiger partial charge in [0, 0.05) is 28.5 Å². The van der Waals surface area contributed by atoms with E-state index in [1.807, 2.05) is 19.1 Å². The normalized spacial score (nSPS) is 22.2. The lowest BCUT2D eigenvalue weighted by Crippen LogP contribution is -2.37. The predicted molar refractivity (Wildman–Crippen MR) is 110 cm³/mol. The minimum Gasteiger partial charge on any atom is -0.507 e. The second kappa shape index (κ2) is 7.51. The van der Waals surface area contributed by atoms with Gasteiger partial charge in [0.25, 0.3) is 11.7 Å². The zero-order chi connectivity index (χ0) is 19.8. The van der Waals surface area contributed by atoms with E-state index in [4.69, 9.17) is 0 Å². The molecule has 1 aromatic carbocycles. The van der Waals surface area contributed by atoms with Gasteiger partial charge in [0.15, 0.2) is 0 Å². The Bertz CT molecular complexity index is 965. The van der Waals surface area contributed by atoms with Crippen LogP contribution in [0.2, 0.25) is 0 Å². The number of aromatic nitrogens is 1. The molecule has 0 radical (unpaired) electrons. The number of aryl methyl sites for hydroxylation is 1. The Morgan fingerprint density at radius 1 is 1.14 bits per heavy atom. The molecule has 1 N–H and O–H groups in total. The van der Waals surface area contributed by atoms with E-state index in [2.05, 4.69) is 20.9 Å². The van der Waals surface area contributed by atoms with Crippen LogP contribution in [0.4, 0.5) is 0 Å². The molecule has 2 fully saturated rings. The van der Waals surface area contributed by atoms with Gasteiger partial charge in [-0.25, -0.2) is 0 Å². The van der Waals surface area contributed by atoms with Gasteiger partial charge in [0.05, 0.1) is 11.6 Å². The number of carbonyl (C=O) groups is 2. The van der Waals surface area contributed by atoms with Gasteiger partial charge in [-0.3, -0.25) is 14.6 Å². The monoisotopic (exact) mass is 440 g/mol. The number of aliphatic hydroxyl groups excluding tert-OH is 1. The highest BCUT2D eigenvalue weighted by Gasteiger charge is 2.49. The summed E-state index contributed by atoms with van der Waals surface area (Å²) in [4.78, 5) is 31.7. The maximum atomic E-state index is 13.0. The lowest BCUT2D eigenvalue weighted by atomic mass is 9.95. The first-order chi connectivity index (χ1) is 13.5. The molecule has 1 saturated carbocycles. The Labute approximate surface area is 172 Å². The number of hydrogen-bond donors (Lipinski definition) is 1. The van der Waals surface area contributed by atoms with Gasteiger partial charge in [-0.05, 0) is 55.2 Å². The van der Waals surface area contributed by atoms with E-state index in [0.29, 0.717) is 5.56 Å². The first kappa shape index (κ1) is 18.9. The van der Waals surface area contributed by atoms with Gasteiger partial charge in [-0.2, -0.15) is 0 Å². The lowest BCUT2D eigenvalue weighted by Gasteiger charge is -2.30. The number of rotatable bonds is 3. The molecule has 1 aliphatic heterocycles. The second-order valence-corrected chi connectivity index (χ2v) is 8.24. The number of ketones is 1. The minimum absolute atomic E-state index is 0.0200. The summed E-state index contributed by atoms with van der Waals surface area (Å²) in [6, 6.07) is 8.43. The molecule has 1 aliphatic carbocycles. The third-order valence-electron chi connectivity index (χ3n) is 5.65. The van der Waals surface area contributed by atoms with Crippen LogP contribution in [0.25, 0.3) is 5.76 Å². The van der Waals surface area contributed by atoms with Crippen molar-refractivity contribution in [3.8, 4) is 0 Å². The third-order valence-corrected chi connectivity index (χ3v) is 6.54. The summed E-state index contributed by atoms with van der Waals surface area (Å²) in [5.41, 5.74) is 2.42. The van der Waals surface area contributed by atoms with Crippen molar-refractivity contribution < 1.29 is 14.7 Å². The molecular formula is C22H21BrN2O3. The van der Waals surface area contributed by atoms with Crippen LogP contribution in [-0.2, 0) is 9.59 Å². The topological polar surface area (TPSA) is 70.5 Å². The average molecular weight is 441 g/mol. The van der Waals surface area contributed by atoms with Gasteiger partial charge >= 0.3 is 0 Å². The van der Waals surface area contributed by atoms with Gasteiger partial charge in [0.1, 0.15) is 5.76 Å². The Morgan fingerprint density at radius 3 is 2.46 bits per heavy atom. The summed E-state index contributed by atoms with van der Waals surface area (Å²) >= 11 is 3.45. The van der Waals surface area contributed by atoms with Gasteiger partial charge in [-0.15, -0.1) is 0 Å². The summed E-state index contributed by atoms with van der Waals surface area (Å²) in [6.07, 6.45) is 7.14. The maximum Gasteiger partial charge on any atom is 0.295 e. The summed E-state index contributed by atoms with van der Waals surface area (Å²) in [7, 11) is 0. The van der Waals surface area contributed by atoms with Crippen LogP contribution >= 0.6 is 15.9 Å². The molecule has 2 aromatic rings. The molecule has 28 heavy (non-hydrogen) atoms. The van der Waals surface area contributed by atoms with Gasteiger partial charge in [0.2, 0.25) is 0 Å². The Morgan fingerprint density at radius 2 is 1.82 bits per heavy atom. The van der Waals surface area contributed by atoms with E-state index in [1.165, 1.54) is 0 Å². The number of benzene rings is 1. The number of pyridine rings is 1. The van der Waals surface area contributed by atoms with E-state index in [0.717, 1.165) is 41.3 Å². The number of amides is 1. The summed E-state index contributed by atoms with van der Waals surface area (Å²) in [5.74, 6) is -1.27. The Balaban J connectivity index is 1.89. The fourth-order valence-electron chi connectivity index (χ4n) is 4.23. The summed E-state index contributed by atoms with van der Waals surface area (Å²) < 4.78 is 0.918. The van der Waals surface area contributed by atoms with E-state index >= 15 is 0 Å². The second-order valence-electron chi connectivity index (χ2n) is 7.39. The Kier molecular flexibility index (Phi) is 5.06. The van der Waals surface area contributed by atoms with Crippen molar-refractivity contribution in [2.24, 2.45) is 0 Å². The van der Waals surface area contributed by atoms with Crippen LogP contribution in [0.3, 0.4) is 0 Å². The standard InChI is InChI=1S/C22H21BrN2O3/c1-13-12-15(6-7-17(13)23)20(26)18-19(14-8-10-24-11-9-14)25(22(28)21(18)27)16-4-2-3-5-16/h6-12,16,19,26H,2-5H2,1H3/b20-18-. The first-order valence-electron chi connectivity index (χ1n) is 9.45. The average Bonchev–Trinajstić information content (AvgIpc) is 3.31. The molecule has 4 rings (SSSR count). The SMILES string of the molecule is Cc1cc(/C(O)=C2/C(=O)C(=O)N(C3CCCC3)C2c2ccncc2)ccc1Br. The molecule has 6 heteroatoms. The molecule has 1 saturated heterocycles. The van der Waals surface area contributed by atoms with Crippen LogP contribution < -0.4 is 0 Å². The molecule has 0 spiro atoms. The molecule has 1 unspecified atom stereocenters. The number of Topliss-reactive ketones (excluding diaryl/α,β-unsaturated/α-hetero) is 1. The number of likely N-dealkylation sites (tertiary alicyclic amines) is 1. The van der Waals surface area contributed by atoms with Gasteiger partial charge in [-0.1, -0.05) is 34.8 Å². The zero-order valence-electron chi connectivity index (χ0n) is 15.6. The fourth-order valence-corrected chi connectivity index (χ4v) is 4.48. The van der Waals surface area contributed by atoms with E-state index < -0.39 is 17.7 Å². The van der Waals surface area contributed by atoms with Crippen molar-refractivity contribution in [1.29, 1.82) is 0 Å². The number of hydrogen-bond acceptors (Lipinski definition) is 4. The van der Waals surface area contributed by atoms with Crippen molar-refractivity contribution in [3.63, 3.8) is 0 Å². The molecule has 2 aliphatic rings. The van der Waals surface area contributed by atoms with E-state index in [9.17, 15) is 14.7 Å². The van der Waals surface area contributed by atoms with Crippen molar-refractivity contribution in [3.05, 3.63) is 69.5 Å². The highest BCUT2D eigenvalue weighted by atomic mass is 79.9. The van der Waals surface area contributed by atoms with Crippen molar-refractivity contribution in [2.75, 3.05) is 0 Å². The number of aliphatic hydroxyl groups is 1. The fraction of sp³-hybridized carbons (Fsp3) is 0.318. The first-order valence-corrected chi connectivity index (χ1v) is 10.2. The van der Waals surface area contributed by atoms with E-state index in [-0.39, 0.29) is 17.4 Å². The van der Waals surface area contributed by atoms with Crippen LogP contribution in [0.1, 0.15) is 48.4 Å². The highest BCUT2D eigenvalue weighted by Crippen LogP contribution is 2.43. The largest absolute Gasteiger partial charge is 0.507 e. The molecule has 0 bridgehead atoms. The number of halogens is 1. The highest BCUT2D eigenvalue weighted by molar-refractivity contribution is 9.10. The Hall–Kier alpha value is -2.47. The third kappa shape index (κ3) is 3.15. The van der Waals surface area contributed by atoms with Crippen molar-refractivity contribution in [2.45, 2.75) is 44.7 Å². The number of nitrogens with zero attached hydrogens (tertiary/aromatic N) is 2. The molecule has 1 atom stereocenters. The van der Waals surface area contributed by atoms with Crippen molar-refractivity contribution in [1.82, 2.24) is 9.88 Å². The smallest absolute Gasteiger partial charge is 0.295 e. The summed E-state index contributed by atoms with van der Waals surface area (Å²) in [5, 5.41) is 11.1. The molecule has 144 valence electrons. The zero-order valence-corrected chi connectivity index (χ0v) is 17.1. The van der Waals surface area contributed by atoms with Crippen molar-refractivity contribution >= 4 is 33.4 Å². The number of carbonyl (C=O) groups excluding carboxylic acids is 2. The minimum atomic E-state index is -0.619. The quantitative estimate of drug-likeness (QED) is 0.432. The van der Waals surface area contributed by atoms with Crippen LogP contribution in [0.5, 0.6) is 0 Å². The van der Waals surface area contributed by atoms with Crippen LogP contribution in [0, 0.1) is 6.92 Å². The molecule has 1 aromatic heterocycles. The van der Waals surface area contributed by atoms with Gasteiger partial charge < -0.3 is 10.0 Å². The molecular weight excluding hydrogens is 420 g/mol. The molecule has 1 amide bonds. The molecule has 5 nitrogen and oxygen atoms in total. The summed E-state index contributed by atoms with van der Waals surface area (Å²) in [6.45, 7) is 1.92. The molecule has 2 heterocycles. The van der Waals surface area contributed by atoms with E-state index in [1.54, 1.807) is 35.5 Å². The van der Waals surface area contributed by atoms with Crippen LogP contribution in [-0.4, -0.2) is 32.7 Å². The maximum absolute atomic E-state index is 13.0. The predicted octanol–water partition coefficient (Wildman–Crippen LogP) is 4.52.